The number of nitrogens with two attached hydrogens (primary N) is 1. The molecule has 28 heavy (non-hydrogen) atoms. The zero-order valence-corrected chi connectivity index (χ0v) is 16.3. The van der Waals surface area contributed by atoms with Crippen molar-refractivity contribution >= 4 is 34.7 Å². The first-order valence-corrected chi connectivity index (χ1v) is 9.59. The second kappa shape index (κ2) is 7.31. The number of allylic oxidation sites excluding steroid dienone is 3. The van der Waals surface area contributed by atoms with E-state index in [1.807, 2.05) is 6.07 Å². The summed E-state index contributed by atoms with van der Waals surface area (Å²) in [6, 6.07) is 11.0. The molecule has 0 saturated carbocycles. The maximum absolute atomic E-state index is 13.0. The van der Waals surface area contributed by atoms with E-state index in [2.05, 4.69) is 11.1 Å². The quantitative estimate of drug-likeness (QED) is 0.775. The third-order valence-electron chi connectivity index (χ3n) is 5.09. The second-order valence-electron chi connectivity index (χ2n) is 6.70. The minimum absolute atomic E-state index is 0.0282. The van der Waals surface area contributed by atoms with E-state index in [1.165, 1.54) is 0 Å². The monoisotopic (exact) mass is 410 g/mol. The highest BCUT2D eigenvalue weighted by Crippen LogP contribution is 2.46. The highest BCUT2D eigenvalue weighted by Gasteiger charge is 2.40. The first-order chi connectivity index (χ1) is 13.5. The molecule has 140 valence electrons. The van der Waals surface area contributed by atoms with E-state index in [9.17, 15) is 10.1 Å². The molecule has 1 aromatic carbocycles. The number of benzene rings is 1. The van der Waals surface area contributed by atoms with Gasteiger partial charge in [0.25, 0.3) is 0 Å². The molecule has 0 spiro atoms. The van der Waals surface area contributed by atoms with E-state index in [4.69, 9.17) is 28.9 Å². The number of carbonyl (C=O) groups is 1. The number of rotatable bonds is 2. The molecule has 4 rings (SSSR count). The molecule has 1 aromatic heterocycles. The molecule has 1 atom stereocenters. The van der Waals surface area contributed by atoms with E-state index in [-0.39, 0.29) is 5.78 Å². The Morgan fingerprint density at radius 3 is 2.71 bits per heavy atom. The molecule has 0 bridgehead atoms. The third kappa shape index (κ3) is 2.95. The van der Waals surface area contributed by atoms with Crippen LogP contribution >= 0.6 is 23.2 Å². The van der Waals surface area contributed by atoms with Crippen LogP contribution in [0.4, 0.5) is 5.69 Å². The van der Waals surface area contributed by atoms with Crippen molar-refractivity contribution in [2.24, 2.45) is 5.73 Å². The number of pyridine rings is 1. The molecule has 1 aliphatic carbocycles. The molecule has 2 aromatic rings. The fraction of sp³-hybridized carbons (Fsp3) is 0.190. The predicted molar refractivity (Wildman–Crippen MR) is 109 cm³/mol. The Morgan fingerprint density at radius 1 is 1.21 bits per heavy atom. The van der Waals surface area contributed by atoms with Gasteiger partial charge in [-0.1, -0.05) is 29.3 Å². The van der Waals surface area contributed by atoms with Gasteiger partial charge < -0.3 is 5.73 Å². The largest absolute Gasteiger partial charge is 0.384 e. The van der Waals surface area contributed by atoms with Gasteiger partial charge in [-0.15, -0.1) is 0 Å². The lowest BCUT2D eigenvalue weighted by molar-refractivity contribution is -0.116. The fourth-order valence-electron chi connectivity index (χ4n) is 3.89. The minimum Gasteiger partial charge on any atom is -0.384 e. The maximum Gasteiger partial charge on any atom is 0.161 e. The number of anilines is 1. The number of halogens is 2. The van der Waals surface area contributed by atoms with Crippen molar-refractivity contribution in [3.05, 3.63) is 81.0 Å². The first kappa shape index (κ1) is 18.5. The Morgan fingerprint density at radius 2 is 2.04 bits per heavy atom. The summed E-state index contributed by atoms with van der Waals surface area (Å²) < 4.78 is 0. The van der Waals surface area contributed by atoms with Crippen molar-refractivity contribution in [2.75, 3.05) is 4.90 Å². The summed E-state index contributed by atoms with van der Waals surface area (Å²) in [6.45, 7) is 0. The predicted octanol–water partition coefficient (Wildman–Crippen LogP) is 4.69. The van der Waals surface area contributed by atoms with Gasteiger partial charge in [-0.3, -0.25) is 14.7 Å². The maximum atomic E-state index is 13.0. The van der Waals surface area contributed by atoms with Gasteiger partial charge in [-0.05, 0) is 42.7 Å². The number of hydrogen-bond acceptors (Lipinski definition) is 5. The van der Waals surface area contributed by atoms with Gasteiger partial charge in [0.1, 0.15) is 5.82 Å². The zero-order valence-electron chi connectivity index (χ0n) is 14.8. The number of ketones is 1. The van der Waals surface area contributed by atoms with Crippen LogP contribution in [0.15, 0.2) is 65.4 Å². The van der Waals surface area contributed by atoms with Crippen LogP contribution in [0.1, 0.15) is 30.7 Å². The molecular formula is C21H16Cl2N4O. The summed E-state index contributed by atoms with van der Waals surface area (Å²) in [5.74, 6) is -0.191. The van der Waals surface area contributed by atoms with E-state index < -0.39 is 5.92 Å². The van der Waals surface area contributed by atoms with Gasteiger partial charge in [0.2, 0.25) is 0 Å². The van der Waals surface area contributed by atoms with E-state index in [0.29, 0.717) is 45.5 Å². The normalized spacial score (nSPS) is 19.5. The molecule has 2 aliphatic rings. The molecule has 0 unspecified atom stereocenters. The molecule has 0 fully saturated rings. The van der Waals surface area contributed by atoms with E-state index >= 15 is 0 Å². The van der Waals surface area contributed by atoms with Gasteiger partial charge in [-0.25, -0.2) is 0 Å². The molecule has 2 heterocycles. The van der Waals surface area contributed by atoms with Crippen molar-refractivity contribution in [1.29, 1.82) is 5.26 Å². The van der Waals surface area contributed by atoms with Crippen molar-refractivity contribution in [3.8, 4) is 6.07 Å². The van der Waals surface area contributed by atoms with Gasteiger partial charge in [0, 0.05) is 35.8 Å². The Kier molecular flexibility index (Phi) is 4.84. The highest BCUT2D eigenvalue weighted by molar-refractivity contribution is 6.42. The van der Waals surface area contributed by atoms with Gasteiger partial charge in [0.05, 0.1) is 27.6 Å². The van der Waals surface area contributed by atoms with Crippen LogP contribution in [0.25, 0.3) is 0 Å². The van der Waals surface area contributed by atoms with Gasteiger partial charge in [-0.2, -0.15) is 5.26 Å². The second-order valence-corrected chi connectivity index (χ2v) is 7.52. The van der Waals surface area contributed by atoms with Crippen molar-refractivity contribution in [3.63, 3.8) is 0 Å². The standard InChI is InChI=1S/C21H16Cl2N4O/c22-15-7-6-13(9-16(15)23)27-17-4-1-5-18(28)20(17)19(14(10-24)21(27)25)12-3-2-8-26-11-12/h2-3,6-9,11,19H,1,4-5,25H2/t19-/m0/s1. The van der Waals surface area contributed by atoms with Crippen LogP contribution in [-0.4, -0.2) is 10.8 Å². The SMILES string of the molecule is N#CC1=C(N)N(c2ccc(Cl)c(Cl)c2)C2=C(C(=O)CCC2)[C@H]1c1cccnc1. The van der Waals surface area contributed by atoms with Crippen LogP contribution in [0, 0.1) is 11.3 Å². The van der Waals surface area contributed by atoms with Crippen molar-refractivity contribution in [1.82, 2.24) is 4.98 Å². The lowest BCUT2D eigenvalue weighted by Gasteiger charge is -2.39. The van der Waals surface area contributed by atoms with Gasteiger partial charge in [0.15, 0.2) is 5.78 Å². The van der Waals surface area contributed by atoms with Gasteiger partial charge >= 0.3 is 0 Å². The van der Waals surface area contributed by atoms with Crippen molar-refractivity contribution in [2.45, 2.75) is 25.2 Å². The summed E-state index contributed by atoms with van der Waals surface area (Å²) in [6.07, 6.45) is 5.19. The Balaban J connectivity index is 1.97. The number of hydrogen-bond donors (Lipinski definition) is 1. The lowest BCUT2D eigenvalue weighted by Crippen LogP contribution is -2.38. The summed E-state index contributed by atoms with van der Waals surface area (Å²) in [5.41, 5.74) is 9.66. The first-order valence-electron chi connectivity index (χ1n) is 8.84. The molecule has 1 aliphatic heterocycles. The van der Waals surface area contributed by atoms with E-state index in [1.54, 1.807) is 41.6 Å². The molecule has 2 N–H and O–H groups in total. The van der Waals surface area contributed by atoms with Crippen LogP contribution in [0.3, 0.4) is 0 Å². The number of Topliss-reactive ketones (excluding diaryl/α,β-unsaturated/α-hetero) is 1. The third-order valence-corrected chi connectivity index (χ3v) is 5.83. The van der Waals surface area contributed by atoms with E-state index in [0.717, 1.165) is 17.7 Å². The Bertz CT molecular complexity index is 1070. The molecular weight excluding hydrogens is 395 g/mol. The average Bonchev–Trinajstić information content (AvgIpc) is 2.70. The summed E-state index contributed by atoms with van der Waals surface area (Å²) in [5, 5.41) is 10.7. The molecule has 7 heteroatoms. The number of aromatic nitrogens is 1. The van der Waals surface area contributed by atoms with Crippen LogP contribution in [0.5, 0.6) is 0 Å². The fourth-order valence-corrected chi connectivity index (χ4v) is 4.18. The number of nitriles is 1. The number of nitrogens with zero attached hydrogens (tertiary/aromatic N) is 3. The summed E-state index contributed by atoms with van der Waals surface area (Å²) in [4.78, 5) is 18.9. The highest BCUT2D eigenvalue weighted by atomic mass is 35.5. The summed E-state index contributed by atoms with van der Waals surface area (Å²) in [7, 11) is 0. The van der Waals surface area contributed by atoms with Crippen molar-refractivity contribution < 1.29 is 4.79 Å². The number of carbonyl (C=O) groups excluding carboxylic acids is 1. The summed E-state index contributed by atoms with van der Waals surface area (Å²) >= 11 is 12.3. The molecule has 0 saturated heterocycles. The Labute approximate surface area is 172 Å². The minimum atomic E-state index is -0.513. The smallest absolute Gasteiger partial charge is 0.161 e. The zero-order chi connectivity index (χ0) is 19.8. The Hall–Kier alpha value is -2.81. The molecule has 0 amide bonds. The molecule has 5 nitrogen and oxygen atoms in total. The van der Waals surface area contributed by atoms with Crippen LogP contribution in [-0.2, 0) is 4.79 Å². The topological polar surface area (TPSA) is 83.0 Å². The lowest BCUT2D eigenvalue weighted by atomic mass is 9.76. The molecule has 0 radical (unpaired) electrons. The average molecular weight is 411 g/mol. The van der Waals surface area contributed by atoms with Crippen LogP contribution < -0.4 is 10.6 Å². The van der Waals surface area contributed by atoms with Crippen LogP contribution in [0.2, 0.25) is 10.0 Å².